The average Bonchev–Trinajstić information content (AvgIpc) is 2.83. The molecule has 1 aromatic heterocycles. The molecule has 1 heterocycles. The minimum absolute atomic E-state index is 0.202. The van der Waals surface area contributed by atoms with Crippen molar-refractivity contribution in [1.29, 1.82) is 0 Å². The first-order valence-corrected chi connectivity index (χ1v) is 12.5. The largest absolute Gasteiger partial charge is 0.488 e. The number of benzene rings is 3. The van der Waals surface area contributed by atoms with E-state index >= 15 is 0 Å². The molecule has 0 amide bonds. The number of halogens is 3. The van der Waals surface area contributed by atoms with Crippen LogP contribution in [0.15, 0.2) is 79.5 Å². The van der Waals surface area contributed by atoms with Crippen molar-refractivity contribution in [1.82, 2.24) is 9.66 Å². The van der Waals surface area contributed by atoms with Gasteiger partial charge in [0.15, 0.2) is 0 Å². The second kappa shape index (κ2) is 11.1. The maximum atomic E-state index is 13.2. The third-order valence-corrected chi connectivity index (χ3v) is 6.33. The van der Waals surface area contributed by atoms with Crippen molar-refractivity contribution in [3.8, 4) is 5.75 Å². The maximum absolute atomic E-state index is 13.2. The molecule has 0 atom stereocenters. The number of ether oxygens (including phenoxy) is 1. The fourth-order valence-electron chi connectivity index (χ4n) is 3.39. The molecule has 0 saturated carbocycles. The van der Waals surface area contributed by atoms with Crippen LogP contribution in [0.3, 0.4) is 0 Å². The van der Waals surface area contributed by atoms with E-state index in [-0.39, 0.29) is 11.4 Å². The Morgan fingerprint density at radius 3 is 2.62 bits per heavy atom. The van der Waals surface area contributed by atoms with Gasteiger partial charge in [-0.15, -0.1) is 0 Å². The van der Waals surface area contributed by atoms with Gasteiger partial charge in [0.25, 0.3) is 5.56 Å². The van der Waals surface area contributed by atoms with Crippen molar-refractivity contribution in [3.63, 3.8) is 0 Å². The van der Waals surface area contributed by atoms with Gasteiger partial charge in [-0.05, 0) is 82.0 Å². The molecule has 4 aromatic rings. The topological polar surface area (TPSA) is 56.5 Å². The molecule has 0 fully saturated rings. The van der Waals surface area contributed by atoms with Gasteiger partial charge in [-0.1, -0.05) is 41.4 Å². The quantitative estimate of drug-likeness (QED) is 0.212. The van der Waals surface area contributed by atoms with Crippen LogP contribution in [0.4, 0.5) is 4.39 Å². The molecule has 0 radical (unpaired) electrons. The lowest BCUT2D eigenvalue weighted by atomic mass is 10.2. The Hall–Kier alpha value is -2.84. The Morgan fingerprint density at radius 2 is 1.88 bits per heavy atom. The third-order valence-electron chi connectivity index (χ3n) is 5.22. The summed E-state index contributed by atoms with van der Waals surface area (Å²) in [5.41, 5.74) is 2.13. The van der Waals surface area contributed by atoms with E-state index in [1.807, 2.05) is 30.3 Å². The standard InChI is InChI=1S/C26H22Br2FN3O2/c1-2-3-4-25-31-23-11-8-19(27)14-21(23)26(33)32(25)30-15-18-7-12-24(22(28)13-18)34-16-17-5-9-20(29)10-6-17/h5-15H,2-4,16H2,1H3. The van der Waals surface area contributed by atoms with Crippen LogP contribution in [0.5, 0.6) is 5.75 Å². The monoisotopic (exact) mass is 585 g/mol. The highest BCUT2D eigenvalue weighted by molar-refractivity contribution is 9.10. The number of aryl methyl sites for hydroxylation is 1. The second-order valence-electron chi connectivity index (χ2n) is 7.76. The van der Waals surface area contributed by atoms with Crippen molar-refractivity contribution in [2.24, 2.45) is 5.10 Å². The summed E-state index contributed by atoms with van der Waals surface area (Å²) < 4.78 is 21.9. The van der Waals surface area contributed by atoms with Crippen LogP contribution in [0.25, 0.3) is 10.9 Å². The highest BCUT2D eigenvalue weighted by atomic mass is 79.9. The number of nitrogens with zero attached hydrogens (tertiary/aromatic N) is 3. The van der Waals surface area contributed by atoms with Gasteiger partial charge in [-0.3, -0.25) is 4.79 Å². The molecule has 4 rings (SSSR count). The number of fused-ring (bicyclic) bond motifs is 1. The summed E-state index contributed by atoms with van der Waals surface area (Å²) in [6.07, 6.45) is 4.20. The second-order valence-corrected chi connectivity index (χ2v) is 9.53. The number of aromatic nitrogens is 2. The van der Waals surface area contributed by atoms with E-state index in [0.717, 1.165) is 32.9 Å². The molecular weight excluding hydrogens is 565 g/mol. The zero-order chi connectivity index (χ0) is 24.1. The fraction of sp³-hybridized carbons (Fsp3) is 0.192. The summed E-state index contributed by atoms with van der Waals surface area (Å²) in [5, 5.41) is 5.00. The Balaban J connectivity index is 1.59. The Labute approximate surface area is 213 Å². The molecule has 0 spiro atoms. The zero-order valence-corrected chi connectivity index (χ0v) is 21.6. The van der Waals surface area contributed by atoms with Gasteiger partial charge in [0.05, 0.1) is 21.6 Å². The molecule has 34 heavy (non-hydrogen) atoms. The minimum atomic E-state index is -0.278. The van der Waals surface area contributed by atoms with Crippen LogP contribution >= 0.6 is 31.9 Å². The lowest BCUT2D eigenvalue weighted by Gasteiger charge is -2.10. The van der Waals surface area contributed by atoms with Gasteiger partial charge in [0.1, 0.15) is 24.0 Å². The van der Waals surface area contributed by atoms with E-state index in [4.69, 9.17) is 9.72 Å². The molecule has 0 aliphatic carbocycles. The molecule has 0 unspecified atom stereocenters. The zero-order valence-electron chi connectivity index (χ0n) is 18.5. The van der Waals surface area contributed by atoms with Gasteiger partial charge in [-0.25, -0.2) is 9.37 Å². The molecule has 8 heteroatoms. The van der Waals surface area contributed by atoms with E-state index in [1.54, 1.807) is 24.4 Å². The molecule has 174 valence electrons. The Morgan fingerprint density at radius 1 is 1.09 bits per heavy atom. The Kier molecular flexibility index (Phi) is 7.90. The third kappa shape index (κ3) is 5.80. The minimum Gasteiger partial charge on any atom is -0.488 e. The highest BCUT2D eigenvalue weighted by Crippen LogP contribution is 2.26. The van der Waals surface area contributed by atoms with Gasteiger partial charge < -0.3 is 4.74 Å². The van der Waals surface area contributed by atoms with Crippen LogP contribution in [0.2, 0.25) is 0 Å². The first-order valence-electron chi connectivity index (χ1n) is 10.9. The van der Waals surface area contributed by atoms with Crippen molar-refractivity contribution >= 4 is 49.0 Å². The van der Waals surface area contributed by atoms with Crippen LogP contribution in [-0.2, 0) is 13.0 Å². The first kappa shape index (κ1) is 24.3. The molecule has 5 nitrogen and oxygen atoms in total. The number of rotatable bonds is 8. The summed E-state index contributed by atoms with van der Waals surface area (Å²) >= 11 is 6.95. The summed E-state index contributed by atoms with van der Waals surface area (Å²) in [7, 11) is 0. The molecule has 3 aromatic carbocycles. The normalized spacial score (nSPS) is 11.4. The predicted octanol–water partition coefficient (Wildman–Crippen LogP) is 6.86. The predicted molar refractivity (Wildman–Crippen MR) is 140 cm³/mol. The Bertz CT molecular complexity index is 1400. The van der Waals surface area contributed by atoms with Crippen molar-refractivity contribution in [3.05, 3.63) is 103 Å². The van der Waals surface area contributed by atoms with E-state index in [1.165, 1.54) is 16.8 Å². The lowest BCUT2D eigenvalue weighted by molar-refractivity contribution is 0.304. The number of unbranched alkanes of at least 4 members (excludes halogenated alkanes) is 1. The van der Waals surface area contributed by atoms with E-state index in [0.29, 0.717) is 35.5 Å². The number of hydrogen-bond acceptors (Lipinski definition) is 4. The van der Waals surface area contributed by atoms with Gasteiger partial charge in [-0.2, -0.15) is 9.78 Å². The summed E-state index contributed by atoms with van der Waals surface area (Å²) in [6.45, 7) is 2.42. The average molecular weight is 587 g/mol. The molecule has 0 aliphatic rings. The molecule has 0 N–H and O–H groups in total. The SMILES string of the molecule is CCCCc1nc2ccc(Br)cc2c(=O)n1N=Cc1ccc(OCc2ccc(F)cc2)c(Br)c1. The van der Waals surface area contributed by atoms with Crippen LogP contribution in [0, 0.1) is 5.82 Å². The first-order chi connectivity index (χ1) is 16.4. The lowest BCUT2D eigenvalue weighted by Crippen LogP contribution is -2.22. The molecule has 0 aliphatic heterocycles. The van der Waals surface area contributed by atoms with Crippen LogP contribution in [0.1, 0.15) is 36.7 Å². The van der Waals surface area contributed by atoms with Crippen LogP contribution < -0.4 is 10.3 Å². The summed E-state index contributed by atoms with van der Waals surface area (Å²) in [4.78, 5) is 17.9. The number of hydrogen-bond donors (Lipinski definition) is 0. The molecule has 0 saturated heterocycles. The van der Waals surface area contributed by atoms with Crippen molar-refractivity contribution in [2.75, 3.05) is 0 Å². The van der Waals surface area contributed by atoms with Gasteiger partial charge in [0.2, 0.25) is 0 Å². The van der Waals surface area contributed by atoms with Crippen molar-refractivity contribution < 1.29 is 9.13 Å². The summed E-state index contributed by atoms with van der Waals surface area (Å²) in [5.74, 6) is 1.01. The van der Waals surface area contributed by atoms with E-state index in [2.05, 4.69) is 43.9 Å². The van der Waals surface area contributed by atoms with Gasteiger partial charge >= 0.3 is 0 Å². The van der Waals surface area contributed by atoms with E-state index in [9.17, 15) is 9.18 Å². The van der Waals surface area contributed by atoms with Crippen molar-refractivity contribution in [2.45, 2.75) is 32.8 Å². The molecule has 0 bridgehead atoms. The maximum Gasteiger partial charge on any atom is 0.282 e. The van der Waals surface area contributed by atoms with Crippen LogP contribution in [-0.4, -0.2) is 15.9 Å². The van der Waals surface area contributed by atoms with Gasteiger partial charge in [0, 0.05) is 10.9 Å². The summed E-state index contributed by atoms with van der Waals surface area (Å²) in [6, 6.07) is 17.2. The smallest absolute Gasteiger partial charge is 0.282 e. The fourth-order valence-corrected chi connectivity index (χ4v) is 4.26. The molecular formula is C26H22Br2FN3O2. The highest BCUT2D eigenvalue weighted by Gasteiger charge is 2.11. The van der Waals surface area contributed by atoms with E-state index < -0.39 is 0 Å².